The van der Waals surface area contributed by atoms with Crippen LogP contribution in [0.5, 0.6) is 0 Å². The Morgan fingerprint density at radius 1 is 0.247 bits per heavy atom. The molecular formula is C134H248O16. The third-order valence-corrected chi connectivity index (χ3v) is 32.8. The largest absolute Gasteiger partial charge is 0.459 e. The molecule has 2 aliphatic heterocycles. The third kappa shape index (κ3) is 76.7. The minimum atomic E-state index is -1.92. The smallest absolute Gasteiger partial charge is 0.333 e. The number of rotatable bonds is 105. The maximum Gasteiger partial charge on any atom is 0.333 e. The first kappa shape index (κ1) is 142. The van der Waals surface area contributed by atoms with E-state index < -0.39 is 104 Å². The lowest BCUT2D eigenvalue weighted by atomic mass is 9.91. The summed E-state index contributed by atoms with van der Waals surface area (Å²) in [5.74, 6) is -2.17. The minimum absolute atomic E-state index is 0.00192. The Kier molecular flexibility index (Phi) is 93.1. The second kappa shape index (κ2) is 98.2. The van der Waals surface area contributed by atoms with Crippen molar-refractivity contribution in [3.63, 3.8) is 0 Å². The predicted molar refractivity (Wildman–Crippen MR) is 633 cm³/mol. The van der Waals surface area contributed by atoms with E-state index in [4.69, 9.17) is 37.9 Å². The second-order valence-corrected chi connectivity index (χ2v) is 48.9. The molecule has 2 saturated heterocycles. The average Bonchev–Trinajstić information content (AvgIpc) is 0.774. The molecule has 0 spiro atoms. The molecule has 3 N–H and O–H groups in total. The minimum Gasteiger partial charge on any atom is -0.459 e. The standard InChI is InChI=1S/C134H248O16/c1-18-23-28-33-38-43-48-53-57-59-61-66-70-75-80-84-89-94-109(7)99-113(11)103-117(15)130(140)147-125-120(106-135)144-133(127(124(125)138)149-132(142)119(17)105-115(13)101-111(9)96-91-86-79-74-69-65-56-51-46-41-36-31-26-21-4)150-134-128(146-122(136)97-92-87-82-77-72-63-52-47-42-37-32-27-22-5)126(148-131(141)118(16)104-114(12)100-110(8)95-90-85-81-76-71-67-62-60-58-54-49-44-39-34-29-24-19-2)123(137)121(145-134)107-143-129(139)116(14)102-112(10)98-108(6)93-88-83-78-73-68-64-55-50-45-40-35-30-25-20-3/h102-105,108-115,120-121,123-128,133-135,137-138H,18-101,106-107H2,1-17H3/b116-102+,117-103+,118-104+,119-105+/t108-,109-,110-,111-,112-,113-,114-,115-,120?,121?,123+,124?,125+,126?,127-,128+,133+,134+/m0/s1. The highest BCUT2D eigenvalue weighted by atomic mass is 16.8. The fourth-order valence-electron chi connectivity index (χ4n) is 23.4. The number of ether oxygens (including phenoxy) is 8. The quantitative estimate of drug-likeness (QED) is 0.0223. The van der Waals surface area contributed by atoms with Gasteiger partial charge < -0.3 is 53.2 Å². The van der Waals surface area contributed by atoms with E-state index in [1.54, 1.807) is 27.7 Å². The van der Waals surface area contributed by atoms with Crippen molar-refractivity contribution in [2.24, 2.45) is 47.3 Å². The molecule has 18 atom stereocenters. The second-order valence-electron chi connectivity index (χ2n) is 48.9. The van der Waals surface area contributed by atoms with Crippen LogP contribution < -0.4 is 0 Å². The first-order valence-electron chi connectivity index (χ1n) is 65.4. The number of unbranched alkanes of at least 4 members (excludes halogenated alkanes) is 70. The van der Waals surface area contributed by atoms with E-state index in [9.17, 15) is 29.7 Å². The van der Waals surface area contributed by atoms with Crippen LogP contribution in [0.3, 0.4) is 0 Å². The molecule has 0 saturated carbocycles. The number of allylic oxidation sites excluding steroid dienone is 4. The van der Waals surface area contributed by atoms with E-state index in [-0.39, 0.29) is 41.2 Å². The van der Waals surface area contributed by atoms with Crippen molar-refractivity contribution in [2.45, 2.75) is 718 Å². The van der Waals surface area contributed by atoms with Crippen LogP contribution in [0.15, 0.2) is 46.6 Å². The van der Waals surface area contributed by atoms with Gasteiger partial charge in [0.05, 0.1) is 6.61 Å². The molecule has 2 heterocycles. The van der Waals surface area contributed by atoms with E-state index >= 15 is 9.59 Å². The lowest BCUT2D eigenvalue weighted by molar-refractivity contribution is -0.377. The van der Waals surface area contributed by atoms with Gasteiger partial charge >= 0.3 is 29.8 Å². The van der Waals surface area contributed by atoms with E-state index in [1.165, 1.54) is 424 Å². The Balaban J connectivity index is 2.69. The van der Waals surface area contributed by atoms with E-state index in [0.29, 0.717) is 41.2 Å². The van der Waals surface area contributed by atoms with Gasteiger partial charge in [0.25, 0.3) is 0 Å². The summed E-state index contributed by atoms with van der Waals surface area (Å²) in [5.41, 5.74) is 1.18. The highest BCUT2D eigenvalue weighted by Gasteiger charge is 2.56. The van der Waals surface area contributed by atoms with Crippen LogP contribution in [0.25, 0.3) is 0 Å². The van der Waals surface area contributed by atoms with Crippen LogP contribution >= 0.6 is 0 Å². The van der Waals surface area contributed by atoms with Gasteiger partial charge in [-0.25, -0.2) is 19.2 Å². The number of aliphatic hydroxyl groups is 3. The molecule has 16 heteroatoms. The molecule has 0 aliphatic carbocycles. The summed E-state index contributed by atoms with van der Waals surface area (Å²) in [7, 11) is 0. The first-order valence-corrected chi connectivity index (χ1v) is 65.4. The first-order chi connectivity index (χ1) is 72.7. The van der Waals surface area contributed by atoms with Gasteiger partial charge in [0.1, 0.15) is 31.0 Å². The molecule has 0 amide bonds. The van der Waals surface area contributed by atoms with Gasteiger partial charge in [-0.15, -0.1) is 0 Å². The van der Waals surface area contributed by atoms with Gasteiger partial charge in [-0.1, -0.05) is 615 Å². The zero-order chi connectivity index (χ0) is 110. The molecule has 880 valence electrons. The highest BCUT2D eigenvalue weighted by Crippen LogP contribution is 2.38. The third-order valence-electron chi connectivity index (χ3n) is 32.8. The number of carbonyl (C=O) groups is 5. The van der Waals surface area contributed by atoms with Crippen molar-refractivity contribution < 1.29 is 77.2 Å². The van der Waals surface area contributed by atoms with Gasteiger partial charge in [-0.05, 0) is 107 Å². The summed E-state index contributed by atoms with van der Waals surface area (Å²) < 4.78 is 52.3. The van der Waals surface area contributed by atoms with Crippen LogP contribution in [0.4, 0.5) is 0 Å². The number of carbonyl (C=O) groups excluding carboxylic acids is 5. The Morgan fingerprint density at radius 2 is 0.453 bits per heavy atom. The van der Waals surface area contributed by atoms with Gasteiger partial charge in [0.15, 0.2) is 24.4 Å². The van der Waals surface area contributed by atoms with Crippen LogP contribution in [0.1, 0.15) is 657 Å². The molecule has 0 aromatic rings. The summed E-state index contributed by atoms with van der Waals surface area (Å²) in [6, 6.07) is 0. The number of hydrogen-bond acceptors (Lipinski definition) is 16. The highest BCUT2D eigenvalue weighted by molar-refractivity contribution is 5.89. The maximum absolute atomic E-state index is 15.1. The van der Waals surface area contributed by atoms with Crippen molar-refractivity contribution in [1.29, 1.82) is 0 Å². The van der Waals surface area contributed by atoms with Crippen LogP contribution in [0, 0.1) is 47.3 Å². The van der Waals surface area contributed by atoms with Gasteiger partial charge in [-0.2, -0.15) is 0 Å². The molecule has 0 aromatic carbocycles. The Bertz CT molecular complexity index is 3270. The van der Waals surface area contributed by atoms with Crippen molar-refractivity contribution in [2.75, 3.05) is 13.2 Å². The average molecular weight is 2120 g/mol. The zero-order valence-electron chi connectivity index (χ0n) is 102. The van der Waals surface area contributed by atoms with Crippen molar-refractivity contribution >= 4 is 29.8 Å². The topological polar surface area (TPSA) is 220 Å². The summed E-state index contributed by atoms with van der Waals surface area (Å²) in [6.45, 7) is 34.2. The van der Waals surface area contributed by atoms with Gasteiger partial charge in [0.2, 0.25) is 12.6 Å². The fourth-order valence-corrected chi connectivity index (χ4v) is 23.4. The Hall–Kier alpha value is -3.93. The molecule has 0 bridgehead atoms. The number of aliphatic hydroxyl groups excluding tert-OH is 3. The van der Waals surface area contributed by atoms with Crippen LogP contribution in [0.2, 0.25) is 0 Å². The molecule has 2 aliphatic rings. The monoisotopic (exact) mass is 2110 g/mol. The van der Waals surface area contributed by atoms with Crippen molar-refractivity contribution in [3.8, 4) is 0 Å². The van der Waals surface area contributed by atoms with Crippen molar-refractivity contribution in [3.05, 3.63) is 46.6 Å². The van der Waals surface area contributed by atoms with E-state index in [2.05, 4.69) is 90.0 Å². The van der Waals surface area contributed by atoms with Crippen LogP contribution in [-0.2, 0) is 61.9 Å². The molecule has 4 unspecified atom stereocenters. The fraction of sp³-hybridized carbons (Fsp3) is 0.903. The van der Waals surface area contributed by atoms with Gasteiger partial charge in [0, 0.05) is 28.7 Å². The summed E-state index contributed by atoms with van der Waals surface area (Å²) >= 11 is 0. The molecule has 2 fully saturated rings. The molecular weight excluding hydrogens is 1870 g/mol. The Morgan fingerprint density at radius 3 is 0.700 bits per heavy atom. The summed E-state index contributed by atoms with van der Waals surface area (Å²) in [6.07, 6.45) is 93.8. The molecule has 150 heavy (non-hydrogen) atoms. The van der Waals surface area contributed by atoms with Crippen molar-refractivity contribution in [1.82, 2.24) is 0 Å². The molecule has 0 radical (unpaired) electrons. The van der Waals surface area contributed by atoms with E-state index in [0.717, 1.165) is 103 Å². The lowest BCUT2D eigenvalue weighted by Crippen LogP contribution is -2.66. The predicted octanol–water partition coefficient (Wildman–Crippen LogP) is 39.1. The summed E-state index contributed by atoms with van der Waals surface area (Å²) in [4.78, 5) is 74.2. The molecule has 16 nitrogen and oxygen atoms in total. The zero-order valence-corrected chi connectivity index (χ0v) is 102. The Labute approximate surface area is 927 Å². The van der Waals surface area contributed by atoms with Crippen LogP contribution in [-0.4, -0.2) is 120 Å². The normalized spacial score (nSPS) is 20.1. The molecule has 0 aromatic heterocycles. The number of hydrogen-bond donors (Lipinski definition) is 3. The SMILES string of the molecule is CCCCCCCCCCCCCCCCCCC[C@H](C)C[C@H](C)/C=C(\C)C(=O)OC1[C@H](O)C(COC(=O)/C(C)=C/[C@@H](C)C[C@@H](C)CCCCCCCCCCCCCCCC)O[C@H](O[C@H]2OC(CO)[C@@H](OC(=O)/C(C)=C/[C@@H](C)C[C@@H](C)CCCCCCCCCCCCCCCCCCC)C(O)[C@@H]2OC(=O)/C(C)=C/[C@@H](C)C[C@@H](C)CCCCCCCCCCCCCCCC)[C@@H]1OC(=O)CCCCCCCCCCCCCCC. The number of esters is 5. The van der Waals surface area contributed by atoms with Gasteiger partial charge in [-0.3, -0.25) is 4.79 Å². The van der Waals surface area contributed by atoms with E-state index in [1.807, 2.05) is 24.3 Å². The molecule has 2 rings (SSSR count). The maximum atomic E-state index is 15.1. The lowest BCUT2D eigenvalue weighted by Gasteiger charge is -2.47. The summed E-state index contributed by atoms with van der Waals surface area (Å²) in [5, 5.41) is 37.6.